The molecule has 144 valence electrons. The monoisotopic (exact) mass is 381 g/mol. The van der Waals surface area contributed by atoms with Crippen molar-refractivity contribution in [2.45, 2.75) is 32.5 Å². The Labute approximate surface area is 153 Å². The molecule has 0 saturated carbocycles. The molecule has 27 heavy (non-hydrogen) atoms. The van der Waals surface area contributed by atoms with Gasteiger partial charge in [0.15, 0.2) is 5.69 Å². The van der Waals surface area contributed by atoms with Gasteiger partial charge in [-0.25, -0.2) is 9.48 Å². The number of carbonyl (C=O) groups is 2. The lowest BCUT2D eigenvalue weighted by Gasteiger charge is -2.16. The van der Waals surface area contributed by atoms with Gasteiger partial charge in [0.05, 0.1) is 17.4 Å². The van der Waals surface area contributed by atoms with Crippen molar-refractivity contribution < 1.29 is 27.9 Å². The molecule has 6 nitrogen and oxygen atoms in total. The van der Waals surface area contributed by atoms with Gasteiger partial charge in [-0.3, -0.25) is 4.79 Å². The van der Waals surface area contributed by atoms with Gasteiger partial charge in [0.25, 0.3) is 5.91 Å². The number of aliphatic carboxylic acids is 1. The molecule has 1 atom stereocenters. The molecule has 0 saturated heterocycles. The maximum Gasteiger partial charge on any atom is 0.434 e. The van der Waals surface area contributed by atoms with Gasteiger partial charge in [-0.05, 0) is 31.9 Å². The number of nitrogens with zero attached hydrogens (tertiary/aromatic N) is 2. The summed E-state index contributed by atoms with van der Waals surface area (Å²) in [6.45, 7) is 3.28. The fourth-order valence-electron chi connectivity index (χ4n) is 2.50. The van der Waals surface area contributed by atoms with Crippen LogP contribution in [0.3, 0.4) is 0 Å². The highest BCUT2D eigenvalue weighted by molar-refractivity contribution is 5.97. The third-order valence-corrected chi connectivity index (χ3v) is 3.84. The molecule has 0 bridgehead atoms. The van der Waals surface area contributed by atoms with E-state index in [0.29, 0.717) is 10.2 Å². The molecule has 2 aromatic rings. The van der Waals surface area contributed by atoms with Crippen molar-refractivity contribution in [3.05, 3.63) is 59.4 Å². The van der Waals surface area contributed by atoms with Crippen LogP contribution in [-0.4, -0.2) is 32.8 Å². The topological polar surface area (TPSA) is 84.2 Å². The molecule has 1 aromatic carbocycles. The number of hydrogen-bond donors (Lipinski definition) is 2. The average molecular weight is 381 g/mol. The van der Waals surface area contributed by atoms with Crippen LogP contribution in [0, 0.1) is 6.92 Å². The molecule has 1 aromatic heterocycles. The third kappa shape index (κ3) is 4.55. The minimum absolute atomic E-state index is 0.0507. The smallest absolute Gasteiger partial charge is 0.434 e. The average Bonchev–Trinajstić information content (AvgIpc) is 3.04. The first-order valence-corrected chi connectivity index (χ1v) is 8.02. The number of aryl methyl sites for hydroxylation is 1. The first-order valence-electron chi connectivity index (χ1n) is 8.02. The number of carboxylic acids is 1. The molecule has 2 rings (SSSR count). The number of nitrogens with one attached hydrogen (secondary N) is 1. The summed E-state index contributed by atoms with van der Waals surface area (Å²) >= 11 is 0. The Hall–Kier alpha value is -3.10. The SMILES string of the molecule is C/C=C/CC(NC(=O)c1cnn(-c2ccccc2C)c1C(F)(F)F)C(=O)O. The van der Waals surface area contributed by atoms with Crippen LogP contribution >= 0.6 is 0 Å². The van der Waals surface area contributed by atoms with Crippen molar-refractivity contribution in [2.24, 2.45) is 0 Å². The molecule has 1 unspecified atom stereocenters. The lowest BCUT2D eigenvalue weighted by atomic mass is 10.1. The van der Waals surface area contributed by atoms with E-state index in [0.717, 1.165) is 6.20 Å². The molecule has 1 amide bonds. The standard InChI is InChI=1S/C18H18F3N3O3/c1-3-4-8-13(17(26)27)23-16(25)12-10-22-24(15(12)18(19,20)21)14-9-6-5-7-11(14)2/h3-7,9-10,13H,8H2,1-2H3,(H,23,25)(H,26,27)/b4-3+. The van der Waals surface area contributed by atoms with Gasteiger partial charge in [0, 0.05) is 0 Å². The molecule has 0 aliphatic rings. The van der Waals surface area contributed by atoms with Crippen LogP contribution in [-0.2, 0) is 11.0 Å². The van der Waals surface area contributed by atoms with Crippen molar-refractivity contribution in [1.29, 1.82) is 0 Å². The highest BCUT2D eigenvalue weighted by Gasteiger charge is 2.41. The van der Waals surface area contributed by atoms with E-state index in [-0.39, 0.29) is 12.1 Å². The molecule has 1 heterocycles. The third-order valence-electron chi connectivity index (χ3n) is 3.84. The minimum atomic E-state index is -4.87. The van der Waals surface area contributed by atoms with Crippen LogP contribution in [0.15, 0.2) is 42.6 Å². The Kier molecular flexibility index (Phi) is 6.04. The number of alkyl halides is 3. The van der Waals surface area contributed by atoms with Gasteiger partial charge >= 0.3 is 12.1 Å². The van der Waals surface area contributed by atoms with Gasteiger partial charge < -0.3 is 10.4 Å². The summed E-state index contributed by atoms with van der Waals surface area (Å²) in [7, 11) is 0. The quantitative estimate of drug-likeness (QED) is 0.752. The number of hydrogen-bond acceptors (Lipinski definition) is 3. The molecule has 9 heteroatoms. The summed E-state index contributed by atoms with van der Waals surface area (Å²) < 4.78 is 41.6. The Balaban J connectivity index is 2.47. The molecule has 0 spiro atoms. The van der Waals surface area contributed by atoms with Crippen LogP contribution < -0.4 is 5.32 Å². The summed E-state index contributed by atoms with van der Waals surface area (Å²) in [6.07, 6.45) is -1.04. The first-order chi connectivity index (χ1) is 12.7. The number of amides is 1. The Morgan fingerprint density at radius 3 is 2.56 bits per heavy atom. The van der Waals surface area contributed by atoms with Crippen LogP contribution in [0.4, 0.5) is 13.2 Å². The van der Waals surface area contributed by atoms with E-state index in [1.54, 1.807) is 38.1 Å². The fourth-order valence-corrected chi connectivity index (χ4v) is 2.50. The molecule has 0 radical (unpaired) electrons. The largest absolute Gasteiger partial charge is 0.480 e. The molecule has 0 aliphatic heterocycles. The lowest BCUT2D eigenvalue weighted by Crippen LogP contribution is -2.41. The number of benzene rings is 1. The second-order valence-electron chi connectivity index (χ2n) is 5.77. The summed E-state index contributed by atoms with van der Waals surface area (Å²) in [5.41, 5.74) is -1.29. The minimum Gasteiger partial charge on any atom is -0.480 e. The number of aromatic nitrogens is 2. The maximum atomic E-state index is 13.7. The van der Waals surface area contributed by atoms with E-state index in [1.165, 1.54) is 12.1 Å². The number of allylic oxidation sites excluding steroid dienone is 1. The van der Waals surface area contributed by atoms with E-state index >= 15 is 0 Å². The number of para-hydroxylation sites is 1. The summed E-state index contributed by atoms with van der Waals surface area (Å²) in [6, 6.07) is 4.94. The van der Waals surface area contributed by atoms with Gasteiger partial charge in [-0.2, -0.15) is 18.3 Å². The zero-order valence-electron chi connectivity index (χ0n) is 14.6. The van der Waals surface area contributed by atoms with Gasteiger partial charge in [-0.15, -0.1) is 0 Å². The van der Waals surface area contributed by atoms with Gasteiger partial charge in [0.1, 0.15) is 6.04 Å². The summed E-state index contributed by atoms with van der Waals surface area (Å²) in [5, 5.41) is 15.0. The van der Waals surface area contributed by atoms with Crippen LogP contribution in [0.5, 0.6) is 0 Å². The summed E-state index contributed by atoms with van der Waals surface area (Å²) in [4.78, 5) is 23.6. The highest BCUT2D eigenvalue weighted by Crippen LogP contribution is 2.34. The van der Waals surface area contributed by atoms with Gasteiger partial charge in [-0.1, -0.05) is 30.4 Å². The second-order valence-corrected chi connectivity index (χ2v) is 5.77. The van der Waals surface area contributed by atoms with Crippen LogP contribution in [0.25, 0.3) is 5.69 Å². The van der Waals surface area contributed by atoms with E-state index in [2.05, 4.69) is 10.4 Å². The molecule has 0 aliphatic carbocycles. The van der Waals surface area contributed by atoms with Crippen molar-refractivity contribution in [2.75, 3.05) is 0 Å². The normalized spacial score (nSPS) is 12.9. The number of carboxylic acid groups (broad SMARTS) is 1. The van der Waals surface area contributed by atoms with Crippen molar-refractivity contribution in [3.8, 4) is 5.69 Å². The van der Waals surface area contributed by atoms with Crippen LogP contribution in [0.2, 0.25) is 0 Å². The molecular weight excluding hydrogens is 363 g/mol. The molecule has 2 N–H and O–H groups in total. The molecular formula is C18H18F3N3O3. The first kappa shape index (κ1) is 20.2. The Bertz CT molecular complexity index is 872. The van der Waals surface area contributed by atoms with Crippen molar-refractivity contribution in [1.82, 2.24) is 15.1 Å². The fraction of sp³-hybridized carbons (Fsp3) is 0.278. The van der Waals surface area contributed by atoms with E-state index < -0.39 is 35.4 Å². The van der Waals surface area contributed by atoms with Crippen molar-refractivity contribution in [3.63, 3.8) is 0 Å². The second kappa shape index (κ2) is 8.07. The zero-order valence-corrected chi connectivity index (χ0v) is 14.6. The van der Waals surface area contributed by atoms with Crippen molar-refractivity contribution >= 4 is 11.9 Å². The number of halogens is 3. The Morgan fingerprint density at radius 2 is 2.00 bits per heavy atom. The van der Waals surface area contributed by atoms with E-state index in [1.807, 2.05) is 0 Å². The van der Waals surface area contributed by atoms with Crippen LogP contribution in [0.1, 0.15) is 35.0 Å². The zero-order chi connectivity index (χ0) is 20.2. The molecule has 0 fully saturated rings. The Morgan fingerprint density at radius 1 is 1.33 bits per heavy atom. The predicted molar refractivity (Wildman–Crippen MR) is 91.6 cm³/mol. The number of rotatable bonds is 6. The highest BCUT2D eigenvalue weighted by atomic mass is 19.4. The van der Waals surface area contributed by atoms with E-state index in [9.17, 15) is 22.8 Å². The summed E-state index contributed by atoms with van der Waals surface area (Å²) in [5.74, 6) is -2.50. The van der Waals surface area contributed by atoms with Gasteiger partial charge in [0.2, 0.25) is 0 Å². The predicted octanol–water partition coefficient (Wildman–Crippen LogP) is 3.35. The lowest BCUT2D eigenvalue weighted by molar-refractivity contribution is -0.143. The van der Waals surface area contributed by atoms with E-state index in [4.69, 9.17) is 5.11 Å². The number of carbonyl (C=O) groups excluding carboxylic acids is 1. The maximum absolute atomic E-state index is 13.7.